The van der Waals surface area contributed by atoms with E-state index in [1.807, 2.05) is 26.8 Å². The predicted molar refractivity (Wildman–Crippen MR) is 59.1 cm³/mol. The second-order valence-electron chi connectivity index (χ2n) is 3.43. The summed E-state index contributed by atoms with van der Waals surface area (Å²) < 4.78 is 0. The Kier molecular flexibility index (Phi) is 3.83. The average Bonchev–Trinajstić information content (AvgIpc) is 2.26. The van der Waals surface area contributed by atoms with Gasteiger partial charge in [0.05, 0.1) is 0 Å². The topological polar surface area (TPSA) is 46.2 Å². The van der Waals surface area contributed by atoms with Gasteiger partial charge in [0.1, 0.15) is 0 Å². The summed E-state index contributed by atoms with van der Waals surface area (Å²) in [4.78, 5) is 22.6. The Balaban J connectivity index is 0.000000531. The van der Waals surface area contributed by atoms with Gasteiger partial charge in [0.15, 0.2) is 5.78 Å². The molecule has 0 aromatic carbocycles. The molecule has 0 aromatic heterocycles. The molecule has 0 radical (unpaired) electrons. The van der Waals surface area contributed by atoms with Gasteiger partial charge in [0.25, 0.3) is 0 Å². The monoisotopic (exact) mass is 207 g/mol. The predicted octanol–water partition coefficient (Wildman–Crippen LogP) is 2.10. The zero-order valence-corrected chi connectivity index (χ0v) is 9.52. The molecule has 2 rings (SSSR count). The summed E-state index contributed by atoms with van der Waals surface area (Å²) >= 11 is 0. The van der Waals surface area contributed by atoms with E-state index in [2.05, 4.69) is 5.32 Å². The first-order valence-electron chi connectivity index (χ1n) is 5.42. The van der Waals surface area contributed by atoms with E-state index in [1.165, 1.54) is 0 Å². The lowest BCUT2D eigenvalue weighted by atomic mass is 9.89. The van der Waals surface area contributed by atoms with E-state index < -0.39 is 0 Å². The summed E-state index contributed by atoms with van der Waals surface area (Å²) in [5.74, 6) is 0.126. The Labute approximate surface area is 90.2 Å². The average molecular weight is 207 g/mol. The maximum absolute atomic E-state index is 11.6. The van der Waals surface area contributed by atoms with Crippen molar-refractivity contribution in [3.63, 3.8) is 0 Å². The van der Waals surface area contributed by atoms with E-state index >= 15 is 0 Å². The molecule has 1 aliphatic carbocycles. The van der Waals surface area contributed by atoms with Crippen molar-refractivity contribution in [3.05, 3.63) is 22.9 Å². The fraction of sp³-hybridized carbons (Fsp3) is 0.500. The molecule has 3 heteroatoms. The van der Waals surface area contributed by atoms with Crippen molar-refractivity contribution in [2.75, 3.05) is 0 Å². The van der Waals surface area contributed by atoms with Crippen molar-refractivity contribution in [1.82, 2.24) is 5.32 Å². The van der Waals surface area contributed by atoms with Crippen molar-refractivity contribution in [2.45, 2.75) is 40.0 Å². The number of carbonyl (C=O) groups is 2. The van der Waals surface area contributed by atoms with Gasteiger partial charge in [-0.3, -0.25) is 9.59 Å². The second-order valence-corrected chi connectivity index (χ2v) is 3.43. The summed E-state index contributed by atoms with van der Waals surface area (Å²) in [6.45, 7) is 5.82. The van der Waals surface area contributed by atoms with Crippen LogP contribution in [0, 0.1) is 0 Å². The van der Waals surface area contributed by atoms with Gasteiger partial charge in [0.2, 0.25) is 5.91 Å². The summed E-state index contributed by atoms with van der Waals surface area (Å²) in [6, 6.07) is 0. The number of hydrogen-bond donors (Lipinski definition) is 1. The van der Waals surface area contributed by atoms with E-state index in [9.17, 15) is 9.59 Å². The quantitative estimate of drug-likeness (QED) is 0.661. The molecule has 0 bridgehead atoms. The SMILES string of the molecule is CC.CC1=CCC2=C(CCC(=O)N2)C1=O. The van der Waals surface area contributed by atoms with Gasteiger partial charge in [-0.25, -0.2) is 0 Å². The Morgan fingerprint density at radius 3 is 2.53 bits per heavy atom. The van der Waals surface area contributed by atoms with Crippen LogP contribution in [0.4, 0.5) is 0 Å². The fourth-order valence-corrected chi connectivity index (χ4v) is 1.71. The normalized spacial score (nSPS) is 19.8. The number of ketones is 1. The zero-order chi connectivity index (χ0) is 11.4. The molecular formula is C12H17NO2. The van der Waals surface area contributed by atoms with Crippen LogP contribution in [-0.4, -0.2) is 11.7 Å². The Morgan fingerprint density at radius 2 is 1.87 bits per heavy atom. The van der Waals surface area contributed by atoms with Gasteiger partial charge in [-0.05, 0) is 18.9 Å². The van der Waals surface area contributed by atoms with Crippen molar-refractivity contribution < 1.29 is 9.59 Å². The van der Waals surface area contributed by atoms with Crippen molar-refractivity contribution >= 4 is 11.7 Å². The molecule has 2 aliphatic rings. The Morgan fingerprint density at radius 1 is 1.20 bits per heavy atom. The first-order chi connectivity index (χ1) is 7.18. The second kappa shape index (κ2) is 4.91. The first-order valence-corrected chi connectivity index (χ1v) is 5.42. The molecule has 0 fully saturated rings. The van der Waals surface area contributed by atoms with Gasteiger partial charge in [0, 0.05) is 24.1 Å². The van der Waals surface area contributed by atoms with Crippen LogP contribution in [0.15, 0.2) is 22.9 Å². The highest BCUT2D eigenvalue weighted by Crippen LogP contribution is 2.26. The van der Waals surface area contributed by atoms with Crippen LogP contribution in [0.3, 0.4) is 0 Å². The van der Waals surface area contributed by atoms with E-state index in [1.54, 1.807) is 0 Å². The van der Waals surface area contributed by atoms with Gasteiger partial charge in [-0.15, -0.1) is 0 Å². The molecule has 1 amide bonds. The largest absolute Gasteiger partial charge is 0.329 e. The molecular weight excluding hydrogens is 190 g/mol. The first kappa shape index (κ1) is 11.7. The summed E-state index contributed by atoms with van der Waals surface area (Å²) in [6.07, 6.45) is 3.61. The fourth-order valence-electron chi connectivity index (χ4n) is 1.71. The molecule has 3 nitrogen and oxygen atoms in total. The third kappa shape index (κ3) is 2.35. The Bertz CT molecular complexity index is 351. The van der Waals surface area contributed by atoms with E-state index in [0.717, 1.165) is 16.8 Å². The van der Waals surface area contributed by atoms with Gasteiger partial charge in [-0.1, -0.05) is 19.9 Å². The highest BCUT2D eigenvalue weighted by Gasteiger charge is 2.25. The van der Waals surface area contributed by atoms with Crippen LogP contribution < -0.4 is 5.32 Å². The number of carbonyl (C=O) groups excluding carboxylic acids is 2. The summed E-state index contributed by atoms with van der Waals surface area (Å²) in [7, 11) is 0. The molecule has 15 heavy (non-hydrogen) atoms. The minimum absolute atomic E-state index is 0.0273. The van der Waals surface area contributed by atoms with Crippen LogP contribution in [-0.2, 0) is 9.59 Å². The highest BCUT2D eigenvalue weighted by atomic mass is 16.2. The van der Waals surface area contributed by atoms with Gasteiger partial charge in [-0.2, -0.15) is 0 Å². The number of hydrogen-bond acceptors (Lipinski definition) is 2. The lowest BCUT2D eigenvalue weighted by Crippen LogP contribution is -2.31. The minimum Gasteiger partial charge on any atom is -0.329 e. The molecule has 0 aromatic rings. The maximum Gasteiger partial charge on any atom is 0.224 e. The van der Waals surface area contributed by atoms with Crippen LogP contribution in [0.2, 0.25) is 0 Å². The van der Waals surface area contributed by atoms with Crippen molar-refractivity contribution in [2.24, 2.45) is 0 Å². The maximum atomic E-state index is 11.6. The third-order valence-corrected chi connectivity index (χ3v) is 2.50. The minimum atomic E-state index is 0.0273. The van der Waals surface area contributed by atoms with Crippen LogP contribution in [0.1, 0.15) is 40.0 Å². The molecule has 0 saturated heterocycles. The zero-order valence-electron chi connectivity index (χ0n) is 9.52. The number of Topliss-reactive ketones (excluding diaryl/α,β-unsaturated/α-hetero) is 1. The number of nitrogens with one attached hydrogen (secondary N) is 1. The summed E-state index contributed by atoms with van der Waals surface area (Å²) in [5, 5.41) is 2.74. The van der Waals surface area contributed by atoms with Gasteiger partial charge < -0.3 is 5.32 Å². The number of rotatable bonds is 0. The third-order valence-electron chi connectivity index (χ3n) is 2.50. The van der Waals surface area contributed by atoms with Crippen LogP contribution in [0.5, 0.6) is 0 Å². The van der Waals surface area contributed by atoms with Crippen molar-refractivity contribution in [1.29, 1.82) is 0 Å². The molecule has 1 aliphatic heterocycles. The number of amides is 1. The smallest absolute Gasteiger partial charge is 0.224 e. The highest BCUT2D eigenvalue weighted by molar-refractivity contribution is 6.10. The van der Waals surface area contributed by atoms with E-state index in [4.69, 9.17) is 0 Å². The molecule has 82 valence electrons. The molecule has 1 N–H and O–H groups in total. The van der Waals surface area contributed by atoms with E-state index in [0.29, 0.717) is 19.3 Å². The molecule has 1 heterocycles. The van der Waals surface area contributed by atoms with Gasteiger partial charge >= 0.3 is 0 Å². The standard InChI is InChI=1S/C10H11NO2.C2H6/c1-6-2-4-8-7(10(6)13)3-5-9(12)11-8;1-2/h2H,3-5H2,1H3,(H,11,12);1-2H3. The summed E-state index contributed by atoms with van der Waals surface area (Å²) in [5.41, 5.74) is 2.42. The van der Waals surface area contributed by atoms with Crippen LogP contribution in [0.25, 0.3) is 0 Å². The molecule has 0 atom stereocenters. The number of allylic oxidation sites excluding steroid dienone is 3. The van der Waals surface area contributed by atoms with Crippen molar-refractivity contribution in [3.8, 4) is 0 Å². The molecule has 0 unspecified atom stereocenters. The Hall–Kier alpha value is -1.38. The van der Waals surface area contributed by atoms with E-state index in [-0.39, 0.29) is 11.7 Å². The molecule has 0 saturated carbocycles. The van der Waals surface area contributed by atoms with Crippen LogP contribution >= 0.6 is 0 Å². The lowest BCUT2D eigenvalue weighted by molar-refractivity contribution is -0.121. The lowest BCUT2D eigenvalue weighted by Gasteiger charge is -2.22. The molecule has 0 spiro atoms.